The third kappa shape index (κ3) is 4.69. The second-order valence-electron chi connectivity index (χ2n) is 5.15. The molecule has 6 heteroatoms. The Morgan fingerprint density at radius 2 is 1.83 bits per heavy atom. The third-order valence-corrected chi connectivity index (χ3v) is 3.83. The summed E-state index contributed by atoms with van der Waals surface area (Å²) in [7, 11) is 0. The number of hydrogen-bond donors (Lipinski definition) is 2. The van der Waals surface area contributed by atoms with Gasteiger partial charge in [-0.2, -0.15) is 0 Å². The highest BCUT2D eigenvalue weighted by Gasteiger charge is 2.15. The van der Waals surface area contributed by atoms with Crippen molar-refractivity contribution in [1.29, 1.82) is 0 Å². The van der Waals surface area contributed by atoms with Crippen LogP contribution >= 0.6 is 24.0 Å². The minimum Gasteiger partial charge on any atom is -0.371 e. The second-order valence-corrected chi connectivity index (χ2v) is 5.58. The highest BCUT2D eigenvalue weighted by molar-refractivity contribution is 6.30. The van der Waals surface area contributed by atoms with Crippen LogP contribution in [0.15, 0.2) is 48.5 Å². The van der Waals surface area contributed by atoms with Crippen molar-refractivity contribution in [2.75, 3.05) is 25.0 Å². The van der Waals surface area contributed by atoms with Crippen molar-refractivity contribution in [2.24, 2.45) is 0 Å². The minimum atomic E-state index is -0.153. The molecule has 1 aliphatic rings. The second kappa shape index (κ2) is 8.31. The molecule has 0 bridgehead atoms. The number of hydrogen-bond acceptors (Lipinski definition) is 3. The molecule has 1 atom stereocenters. The van der Waals surface area contributed by atoms with Gasteiger partial charge in [0.1, 0.15) is 0 Å². The predicted octanol–water partition coefficient (Wildman–Crippen LogP) is 3.68. The van der Waals surface area contributed by atoms with Crippen LogP contribution in [-0.4, -0.2) is 25.6 Å². The molecule has 2 N–H and O–H groups in total. The lowest BCUT2D eigenvalue weighted by atomic mass is 10.1. The Morgan fingerprint density at radius 1 is 1.13 bits per heavy atom. The molecule has 122 valence electrons. The number of rotatable bonds is 3. The molecule has 2 aromatic rings. The van der Waals surface area contributed by atoms with Gasteiger partial charge in [0.2, 0.25) is 0 Å². The number of nitrogens with one attached hydrogen (secondary N) is 2. The first-order chi connectivity index (χ1) is 10.7. The van der Waals surface area contributed by atoms with E-state index in [1.165, 1.54) is 0 Å². The lowest BCUT2D eigenvalue weighted by Gasteiger charge is -2.24. The number of carbonyl (C=O) groups excluding carboxylic acids is 1. The van der Waals surface area contributed by atoms with Crippen molar-refractivity contribution in [3.63, 3.8) is 0 Å². The molecular weight excluding hydrogens is 335 g/mol. The van der Waals surface area contributed by atoms with Gasteiger partial charge in [0.15, 0.2) is 0 Å². The summed E-state index contributed by atoms with van der Waals surface area (Å²) >= 11 is 5.82. The molecule has 0 spiro atoms. The van der Waals surface area contributed by atoms with Crippen LogP contribution in [0.3, 0.4) is 0 Å². The number of halogens is 2. The van der Waals surface area contributed by atoms with Crippen LogP contribution in [-0.2, 0) is 4.74 Å². The zero-order valence-corrected chi connectivity index (χ0v) is 14.0. The number of amides is 1. The molecule has 23 heavy (non-hydrogen) atoms. The molecule has 2 aromatic carbocycles. The van der Waals surface area contributed by atoms with E-state index in [1.807, 2.05) is 24.3 Å². The summed E-state index contributed by atoms with van der Waals surface area (Å²) < 4.78 is 5.70. The zero-order valence-electron chi connectivity index (χ0n) is 12.4. The van der Waals surface area contributed by atoms with Crippen LogP contribution in [0.1, 0.15) is 22.0 Å². The Balaban J connectivity index is 0.00000192. The molecule has 1 amide bonds. The summed E-state index contributed by atoms with van der Waals surface area (Å²) in [5.41, 5.74) is 2.44. The van der Waals surface area contributed by atoms with E-state index in [4.69, 9.17) is 16.3 Å². The van der Waals surface area contributed by atoms with E-state index in [1.54, 1.807) is 24.3 Å². The summed E-state index contributed by atoms with van der Waals surface area (Å²) in [4.78, 5) is 12.1. The summed E-state index contributed by atoms with van der Waals surface area (Å²) in [5, 5.41) is 6.78. The minimum absolute atomic E-state index is 0. The van der Waals surface area contributed by atoms with Crippen molar-refractivity contribution in [2.45, 2.75) is 6.10 Å². The van der Waals surface area contributed by atoms with Crippen LogP contribution in [0.25, 0.3) is 0 Å². The van der Waals surface area contributed by atoms with E-state index < -0.39 is 0 Å². The van der Waals surface area contributed by atoms with Crippen LogP contribution < -0.4 is 10.6 Å². The molecule has 0 radical (unpaired) electrons. The van der Waals surface area contributed by atoms with Crippen molar-refractivity contribution in [1.82, 2.24) is 5.32 Å². The fourth-order valence-corrected chi connectivity index (χ4v) is 2.49. The van der Waals surface area contributed by atoms with E-state index in [-0.39, 0.29) is 24.4 Å². The van der Waals surface area contributed by atoms with Gasteiger partial charge >= 0.3 is 0 Å². The fourth-order valence-electron chi connectivity index (χ4n) is 2.37. The van der Waals surface area contributed by atoms with Crippen LogP contribution in [0.2, 0.25) is 5.02 Å². The molecule has 0 saturated carbocycles. The molecule has 1 heterocycles. The molecule has 1 saturated heterocycles. The topological polar surface area (TPSA) is 50.4 Å². The van der Waals surface area contributed by atoms with E-state index in [0.29, 0.717) is 10.6 Å². The molecular formula is C17H18Cl2N2O2. The molecule has 0 unspecified atom stereocenters. The number of anilines is 1. The van der Waals surface area contributed by atoms with Gasteiger partial charge in [-0.25, -0.2) is 0 Å². The largest absolute Gasteiger partial charge is 0.371 e. The van der Waals surface area contributed by atoms with Crippen LogP contribution in [0.5, 0.6) is 0 Å². The quantitative estimate of drug-likeness (QED) is 0.885. The number of carbonyl (C=O) groups is 1. The molecule has 3 rings (SSSR count). The van der Waals surface area contributed by atoms with Gasteiger partial charge < -0.3 is 15.4 Å². The molecule has 0 aromatic heterocycles. The Kier molecular flexibility index (Phi) is 6.42. The van der Waals surface area contributed by atoms with Gasteiger partial charge in [0.05, 0.1) is 12.7 Å². The average Bonchev–Trinajstić information content (AvgIpc) is 2.57. The first kappa shape index (κ1) is 17.8. The molecule has 1 aliphatic heterocycles. The third-order valence-electron chi connectivity index (χ3n) is 3.57. The summed E-state index contributed by atoms with van der Waals surface area (Å²) in [6.07, 6.45) is 0.0785. The Morgan fingerprint density at radius 3 is 2.43 bits per heavy atom. The van der Waals surface area contributed by atoms with Gasteiger partial charge in [-0.05, 0) is 42.0 Å². The zero-order chi connectivity index (χ0) is 15.4. The maximum atomic E-state index is 12.1. The Bertz CT molecular complexity index is 639. The molecule has 4 nitrogen and oxygen atoms in total. The van der Waals surface area contributed by atoms with Gasteiger partial charge in [-0.1, -0.05) is 23.7 Å². The fraction of sp³-hybridized carbons (Fsp3) is 0.235. The summed E-state index contributed by atoms with van der Waals surface area (Å²) in [6.45, 7) is 2.43. The smallest absolute Gasteiger partial charge is 0.255 e. The van der Waals surface area contributed by atoms with Crippen molar-refractivity contribution >= 4 is 35.6 Å². The van der Waals surface area contributed by atoms with Crippen LogP contribution in [0, 0.1) is 0 Å². The van der Waals surface area contributed by atoms with E-state index in [9.17, 15) is 4.79 Å². The standard InChI is InChI=1S/C17H17ClN2O2.ClH/c18-14-5-1-13(2-6-14)17(21)20-15-7-3-12(4-8-15)16-11-19-9-10-22-16;/h1-8,16,19H,9-11H2,(H,20,21);1H/t16-;/m0./s1. The van der Waals surface area contributed by atoms with Gasteiger partial charge in [0, 0.05) is 29.4 Å². The van der Waals surface area contributed by atoms with Gasteiger partial charge in [0.25, 0.3) is 5.91 Å². The van der Waals surface area contributed by atoms with E-state index in [0.717, 1.165) is 30.9 Å². The number of ether oxygens (including phenoxy) is 1. The van der Waals surface area contributed by atoms with Crippen molar-refractivity contribution in [3.05, 3.63) is 64.7 Å². The molecule has 0 aliphatic carbocycles. The average molecular weight is 353 g/mol. The predicted molar refractivity (Wildman–Crippen MR) is 94.7 cm³/mol. The maximum Gasteiger partial charge on any atom is 0.255 e. The van der Waals surface area contributed by atoms with Crippen molar-refractivity contribution < 1.29 is 9.53 Å². The first-order valence-corrected chi connectivity index (χ1v) is 7.59. The highest BCUT2D eigenvalue weighted by atomic mass is 35.5. The number of benzene rings is 2. The Hall–Kier alpha value is -1.59. The summed E-state index contributed by atoms with van der Waals surface area (Å²) in [5.74, 6) is -0.153. The maximum absolute atomic E-state index is 12.1. The highest BCUT2D eigenvalue weighted by Crippen LogP contribution is 2.21. The van der Waals surface area contributed by atoms with Gasteiger partial charge in [-0.15, -0.1) is 12.4 Å². The van der Waals surface area contributed by atoms with E-state index in [2.05, 4.69) is 10.6 Å². The first-order valence-electron chi connectivity index (χ1n) is 7.21. The SMILES string of the molecule is Cl.O=C(Nc1ccc([C@@H]2CNCCO2)cc1)c1ccc(Cl)cc1. The van der Waals surface area contributed by atoms with Crippen LogP contribution in [0.4, 0.5) is 5.69 Å². The Labute approximate surface area is 146 Å². The molecule has 1 fully saturated rings. The lowest BCUT2D eigenvalue weighted by Crippen LogP contribution is -2.33. The number of morpholine rings is 1. The summed E-state index contributed by atoms with van der Waals surface area (Å²) in [6, 6.07) is 14.5. The van der Waals surface area contributed by atoms with Gasteiger partial charge in [-0.3, -0.25) is 4.79 Å². The van der Waals surface area contributed by atoms with Crippen molar-refractivity contribution in [3.8, 4) is 0 Å². The lowest BCUT2D eigenvalue weighted by molar-refractivity contribution is 0.0277. The monoisotopic (exact) mass is 352 g/mol. The van der Waals surface area contributed by atoms with E-state index >= 15 is 0 Å². The normalized spacial score (nSPS) is 17.2.